The molecule has 72 valence electrons. The highest BCUT2D eigenvalue weighted by Gasteiger charge is 2.00. The molecule has 2 rings (SSSR count). The van der Waals surface area contributed by atoms with E-state index in [4.69, 9.17) is 4.74 Å². The highest BCUT2D eigenvalue weighted by atomic mass is 32.1. The zero-order valence-electron chi connectivity index (χ0n) is 7.93. The molecule has 0 saturated carbocycles. The molecule has 0 aliphatic carbocycles. The second-order valence-corrected chi connectivity index (χ2v) is 3.63. The van der Waals surface area contributed by atoms with Gasteiger partial charge >= 0.3 is 0 Å². The van der Waals surface area contributed by atoms with Gasteiger partial charge in [-0.1, -0.05) is 0 Å². The average molecular weight is 205 g/mol. The molecule has 0 bridgehead atoms. The first-order valence-corrected chi connectivity index (χ1v) is 5.45. The molecule has 0 unspecified atom stereocenters. The summed E-state index contributed by atoms with van der Waals surface area (Å²) < 4.78 is 5.39. The van der Waals surface area contributed by atoms with Gasteiger partial charge in [-0.2, -0.15) is 11.3 Å². The van der Waals surface area contributed by atoms with Gasteiger partial charge in [0.15, 0.2) is 0 Å². The van der Waals surface area contributed by atoms with E-state index in [9.17, 15) is 0 Å². The van der Waals surface area contributed by atoms with Crippen LogP contribution in [0.4, 0.5) is 0 Å². The molecule has 2 nitrogen and oxygen atoms in total. The van der Waals surface area contributed by atoms with Crippen molar-refractivity contribution in [2.75, 3.05) is 6.61 Å². The van der Waals surface area contributed by atoms with Crippen LogP contribution in [0.5, 0.6) is 5.75 Å². The van der Waals surface area contributed by atoms with Crippen LogP contribution in [-0.4, -0.2) is 11.6 Å². The maximum atomic E-state index is 5.39. The van der Waals surface area contributed by atoms with E-state index in [0.29, 0.717) is 6.61 Å². The minimum absolute atomic E-state index is 0.675. The average Bonchev–Trinajstić information content (AvgIpc) is 2.71. The first kappa shape index (κ1) is 9.21. The van der Waals surface area contributed by atoms with Gasteiger partial charge in [-0.3, -0.25) is 4.98 Å². The van der Waals surface area contributed by atoms with E-state index in [-0.39, 0.29) is 0 Å². The van der Waals surface area contributed by atoms with E-state index < -0.39 is 0 Å². The van der Waals surface area contributed by atoms with Gasteiger partial charge in [0.1, 0.15) is 5.75 Å². The smallest absolute Gasteiger partial charge is 0.138 e. The Hall–Kier alpha value is -1.35. The molecule has 0 atom stereocenters. The Labute approximate surface area is 87.2 Å². The largest absolute Gasteiger partial charge is 0.492 e. The van der Waals surface area contributed by atoms with Crippen LogP contribution in [0, 0.1) is 0 Å². The molecule has 3 heteroatoms. The summed E-state index contributed by atoms with van der Waals surface area (Å²) in [6, 6.07) is 4.09. The molecule has 0 aliphatic rings. The van der Waals surface area contributed by atoms with Crippen LogP contribution in [0.3, 0.4) is 0 Å². The summed E-state index contributed by atoms with van der Waals surface area (Å²) in [6.45, 7) is 2.64. The summed E-state index contributed by atoms with van der Waals surface area (Å²) in [5.74, 6) is 0.830. The monoisotopic (exact) mass is 205 g/mol. The van der Waals surface area contributed by atoms with Crippen LogP contribution < -0.4 is 4.74 Å². The standard InChI is InChI=1S/C11H11NOS/c1-2-13-11-5-10(6-12-7-11)9-3-4-14-8-9/h3-8H,2H2,1H3. The van der Waals surface area contributed by atoms with Crippen molar-refractivity contribution in [1.82, 2.24) is 4.98 Å². The van der Waals surface area contributed by atoms with Gasteiger partial charge in [0.2, 0.25) is 0 Å². The van der Waals surface area contributed by atoms with Crippen LogP contribution >= 0.6 is 11.3 Å². The number of hydrogen-bond donors (Lipinski definition) is 0. The molecular formula is C11H11NOS. The minimum Gasteiger partial charge on any atom is -0.492 e. The Morgan fingerprint density at radius 2 is 2.29 bits per heavy atom. The molecule has 0 saturated heterocycles. The number of rotatable bonds is 3. The second-order valence-electron chi connectivity index (χ2n) is 2.85. The van der Waals surface area contributed by atoms with Crippen molar-refractivity contribution in [2.45, 2.75) is 6.92 Å². The summed E-state index contributed by atoms with van der Waals surface area (Å²) in [7, 11) is 0. The Morgan fingerprint density at radius 3 is 3.00 bits per heavy atom. The lowest BCUT2D eigenvalue weighted by atomic mass is 10.1. The molecule has 2 aromatic heterocycles. The number of aromatic nitrogens is 1. The fourth-order valence-electron chi connectivity index (χ4n) is 1.25. The maximum Gasteiger partial charge on any atom is 0.138 e. The summed E-state index contributed by atoms with van der Waals surface area (Å²) in [6.07, 6.45) is 3.59. The van der Waals surface area contributed by atoms with Crippen molar-refractivity contribution in [3.05, 3.63) is 35.3 Å². The highest BCUT2D eigenvalue weighted by molar-refractivity contribution is 7.08. The first-order valence-electron chi connectivity index (χ1n) is 4.50. The van der Waals surface area contributed by atoms with Gasteiger partial charge in [-0.25, -0.2) is 0 Å². The summed E-state index contributed by atoms with van der Waals surface area (Å²) in [4.78, 5) is 4.14. The molecule has 2 aromatic rings. The van der Waals surface area contributed by atoms with Gasteiger partial charge in [-0.05, 0) is 35.4 Å². The van der Waals surface area contributed by atoms with Gasteiger partial charge < -0.3 is 4.74 Å². The normalized spacial score (nSPS) is 10.1. The van der Waals surface area contributed by atoms with Gasteiger partial charge in [-0.15, -0.1) is 0 Å². The third kappa shape index (κ3) is 1.93. The van der Waals surface area contributed by atoms with E-state index in [1.807, 2.05) is 19.2 Å². The van der Waals surface area contributed by atoms with Crippen LogP contribution in [0.2, 0.25) is 0 Å². The van der Waals surface area contributed by atoms with Crippen LogP contribution in [-0.2, 0) is 0 Å². The zero-order valence-corrected chi connectivity index (χ0v) is 8.75. The topological polar surface area (TPSA) is 22.1 Å². The lowest BCUT2D eigenvalue weighted by Gasteiger charge is -2.03. The third-order valence-corrected chi connectivity index (χ3v) is 2.56. The summed E-state index contributed by atoms with van der Waals surface area (Å²) in [5.41, 5.74) is 2.31. The molecule has 0 amide bonds. The number of ether oxygens (including phenoxy) is 1. The molecule has 0 fully saturated rings. The van der Waals surface area contributed by atoms with E-state index in [0.717, 1.165) is 11.3 Å². The summed E-state index contributed by atoms with van der Waals surface area (Å²) >= 11 is 1.69. The SMILES string of the molecule is CCOc1cncc(-c2ccsc2)c1. The van der Waals surface area contributed by atoms with E-state index in [2.05, 4.69) is 21.8 Å². The predicted molar refractivity (Wildman–Crippen MR) is 58.7 cm³/mol. The van der Waals surface area contributed by atoms with Crippen molar-refractivity contribution in [3.63, 3.8) is 0 Å². The number of hydrogen-bond acceptors (Lipinski definition) is 3. The number of pyridine rings is 1. The van der Waals surface area contributed by atoms with Crippen LogP contribution in [0.25, 0.3) is 11.1 Å². The third-order valence-electron chi connectivity index (χ3n) is 1.88. The number of thiophene rings is 1. The Bertz CT molecular complexity index is 397. The van der Waals surface area contributed by atoms with Crippen molar-refractivity contribution in [3.8, 4) is 16.9 Å². The van der Waals surface area contributed by atoms with Crippen molar-refractivity contribution in [2.24, 2.45) is 0 Å². The quantitative estimate of drug-likeness (QED) is 0.767. The molecule has 14 heavy (non-hydrogen) atoms. The predicted octanol–water partition coefficient (Wildman–Crippen LogP) is 3.21. The fraction of sp³-hybridized carbons (Fsp3) is 0.182. The lowest BCUT2D eigenvalue weighted by molar-refractivity contribution is 0.339. The fourth-order valence-corrected chi connectivity index (χ4v) is 1.92. The zero-order chi connectivity index (χ0) is 9.80. The second kappa shape index (κ2) is 4.24. The molecule has 2 heterocycles. The molecule has 0 N–H and O–H groups in total. The first-order chi connectivity index (χ1) is 6.90. The Balaban J connectivity index is 2.31. The van der Waals surface area contributed by atoms with Crippen molar-refractivity contribution < 1.29 is 4.74 Å². The van der Waals surface area contributed by atoms with Crippen molar-refractivity contribution in [1.29, 1.82) is 0 Å². The maximum absolute atomic E-state index is 5.39. The van der Waals surface area contributed by atoms with Crippen LogP contribution in [0.1, 0.15) is 6.92 Å². The molecule has 0 spiro atoms. The van der Waals surface area contributed by atoms with Crippen molar-refractivity contribution >= 4 is 11.3 Å². The molecule has 0 aromatic carbocycles. The van der Waals surface area contributed by atoms with Gasteiger partial charge in [0.05, 0.1) is 12.8 Å². The van der Waals surface area contributed by atoms with E-state index in [1.54, 1.807) is 17.5 Å². The summed E-state index contributed by atoms with van der Waals surface area (Å²) in [5, 5.41) is 4.16. The van der Waals surface area contributed by atoms with Crippen LogP contribution in [0.15, 0.2) is 35.3 Å². The molecular weight excluding hydrogens is 194 g/mol. The van der Waals surface area contributed by atoms with E-state index in [1.165, 1.54) is 5.56 Å². The minimum atomic E-state index is 0.675. The lowest BCUT2D eigenvalue weighted by Crippen LogP contribution is -1.92. The highest BCUT2D eigenvalue weighted by Crippen LogP contribution is 2.24. The Kier molecular flexibility index (Phi) is 2.79. The van der Waals surface area contributed by atoms with Gasteiger partial charge in [0.25, 0.3) is 0 Å². The van der Waals surface area contributed by atoms with E-state index >= 15 is 0 Å². The number of nitrogens with zero attached hydrogens (tertiary/aromatic N) is 1. The van der Waals surface area contributed by atoms with Gasteiger partial charge in [0, 0.05) is 11.8 Å². The molecule has 0 aliphatic heterocycles. The Morgan fingerprint density at radius 1 is 1.36 bits per heavy atom. The molecule has 0 radical (unpaired) electrons.